The number of nitrogens with zero attached hydrogens (tertiary/aromatic N) is 2. The SMILES string of the molecule is CCCc1ccc(-n2c(-c3cccc(F)c3O)nc(C)c(-c3ccc(C)s3)c2=O)cc1. The van der Waals surface area contributed by atoms with Crippen molar-refractivity contribution in [2.75, 3.05) is 0 Å². The smallest absolute Gasteiger partial charge is 0.267 e. The molecular weight excluding hydrogens is 411 g/mol. The number of para-hydroxylation sites is 1. The number of rotatable bonds is 5. The molecule has 2 aromatic carbocycles. The Morgan fingerprint density at radius 1 is 1.06 bits per heavy atom. The van der Waals surface area contributed by atoms with Crippen molar-refractivity contribution in [1.82, 2.24) is 9.55 Å². The highest BCUT2D eigenvalue weighted by Crippen LogP contribution is 2.33. The zero-order valence-electron chi connectivity index (χ0n) is 17.6. The maximum Gasteiger partial charge on any atom is 0.267 e. The van der Waals surface area contributed by atoms with E-state index in [1.807, 2.05) is 43.3 Å². The van der Waals surface area contributed by atoms with Crippen molar-refractivity contribution in [3.8, 4) is 33.3 Å². The topological polar surface area (TPSA) is 55.1 Å². The fourth-order valence-corrected chi connectivity index (χ4v) is 4.65. The normalized spacial score (nSPS) is 11.1. The highest BCUT2D eigenvalue weighted by molar-refractivity contribution is 7.15. The Hall–Kier alpha value is -3.25. The Balaban J connectivity index is 2.03. The van der Waals surface area contributed by atoms with Crippen molar-refractivity contribution in [3.05, 3.63) is 86.9 Å². The minimum absolute atomic E-state index is 0.173. The number of benzene rings is 2. The minimum Gasteiger partial charge on any atom is -0.504 e. The van der Waals surface area contributed by atoms with E-state index in [0.29, 0.717) is 16.9 Å². The van der Waals surface area contributed by atoms with Gasteiger partial charge in [0.1, 0.15) is 0 Å². The van der Waals surface area contributed by atoms with E-state index in [9.17, 15) is 14.3 Å². The molecule has 4 nitrogen and oxygen atoms in total. The zero-order valence-corrected chi connectivity index (χ0v) is 18.5. The molecule has 31 heavy (non-hydrogen) atoms. The summed E-state index contributed by atoms with van der Waals surface area (Å²) in [4.78, 5) is 20.4. The van der Waals surface area contributed by atoms with Crippen LogP contribution in [0.5, 0.6) is 5.75 Å². The Morgan fingerprint density at radius 3 is 2.45 bits per heavy atom. The Morgan fingerprint density at radius 2 is 1.81 bits per heavy atom. The molecule has 0 aliphatic heterocycles. The van der Waals surface area contributed by atoms with Gasteiger partial charge in [0.15, 0.2) is 17.4 Å². The summed E-state index contributed by atoms with van der Waals surface area (Å²) >= 11 is 1.53. The third-order valence-electron chi connectivity index (χ3n) is 5.21. The van der Waals surface area contributed by atoms with E-state index >= 15 is 0 Å². The van der Waals surface area contributed by atoms with Gasteiger partial charge < -0.3 is 5.11 Å². The fraction of sp³-hybridized carbons (Fsp3) is 0.200. The van der Waals surface area contributed by atoms with Crippen LogP contribution in [0.3, 0.4) is 0 Å². The van der Waals surface area contributed by atoms with E-state index in [1.165, 1.54) is 33.6 Å². The van der Waals surface area contributed by atoms with Gasteiger partial charge in [-0.05, 0) is 62.2 Å². The van der Waals surface area contributed by atoms with Crippen molar-refractivity contribution in [2.24, 2.45) is 0 Å². The lowest BCUT2D eigenvalue weighted by Crippen LogP contribution is -2.24. The maximum absolute atomic E-state index is 14.1. The van der Waals surface area contributed by atoms with Gasteiger partial charge in [-0.15, -0.1) is 11.3 Å². The number of phenols is 1. The Kier molecular flexibility index (Phi) is 5.74. The van der Waals surface area contributed by atoms with Crippen LogP contribution in [-0.4, -0.2) is 14.7 Å². The standard InChI is InChI=1S/C25H23FN2O2S/c1-4-6-17-10-12-18(13-11-17)28-24(19-7-5-8-20(26)23(19)29)27-16(3)22(25(28)30)21-14-9-15(2)31-21/h5,7-14,29H,4,6H2,1-3H3. The summed E-state index contributed by atoms with van der Waals surface area (Å²) in [6, 6.07) is 15.8. The summed E-state index contributed by atoms with van der Waals surface area (Å²) in [6.45, 7) is 5.86. The number of aryl methyl sites for hydroxylation is 3. The van der Waals surface area contributed by atoms with Crippen LogP contribution in [0.2, 0.25) is 0 Å². The second kappa shape index (κ2) is 8.47. The number of aromatic hydroxyl groups is 1. The largest absolute Gasteiger partial charge is 0.504 e. The molecular formula is C25H23FN2O2S. The molecule has 6 heteroatoms. The molecule has 158 valence electrons. The van der Waals surface area contributed by atoms with Gasteiger partial charge in [-0.25, -0.2) is 9.37 Å². The lowest BCUT2D eigenvalue weighted by molar-refractivity contribution is 0.434. The van der Waals surface area contributed by atoms with Crippen molar-refractivity contribution < 1.29 is 9.50 Å². The number of thiophene rings is 1. The van der Waals surface area contributed by atoms with Gasteiger partial charge in [-0.2, -0.15) is 0 Å². The van der Waals surface area contributed by atoms with E-state index in [2.05, 4.69) is 11.9 Å². The first-order valence-corrected chi connectivity index (χ1v) is 11.0. The minimum atomic E-state index is -0.757. The fourth-order valence-electron chi connectivity index (χ4n) is 3.70. The van der Waals surface area contributed by atoms with Crippen molar-refractivity contribution in [1.29, 1.82) is 0 Å². The molecule has 0 radical (unpaired) electrons. The zero-order chi connectivity index (χ0) is 22.1. The van der Waals surface area contributed by atoms with E-state index in [0.717, 1.165) is 22.6 Å². The first-order chi connectivity index (χ1) is 14.9. The monoisotopic (exact) mass is 434 g/mol. The Bertz CT molecular complexity index is 1310. The van der Waals surface area contributed by atoms with Crippen LogP contribution in [0.15, 0.2) is 59.4 Å². The van der Waals surface area contributed by atoms with Crippen molar-refractivity contribution in [3.63, 3.8) is 0 Å². The van der Waals surface area contributed by atoms with Crippen molar-refractivity contribution in [2.45, 2.75) is 33.6 Å². The number of hydrogen-bond donors (Lipinski definition) is 1. The second-order valence-corrected chi connectivity index (χ2v) is 8.79. The van der Waals surface area contributed by atoms with Crippen LogP contribution >= 0.6 is 11.3 Å². The van der Waals surface area contributed by atoms with Gasteiger partial charge in [0, 0.05) is 9.75 Å². The van der Waals surface area contributed by atoms with Crippen LogP contribution < -0.4 is 5.56 Å². The third-order valence-corrected chi connectivity index (χ3v) is 6.23. The molecule has 0 fully saturated rings. The lowest BCUT2D eigenvalue weighted by Gasteiger charge is -2.17. The van der Waals surface area contributed by atoms with E-state index < -0.39 is 11.6 Å². The molecule has 0 amide bonds. The summed E-state index contributed by atoms with van der Waals surface area (Å²) in [7, 11) is 0. The van der Waals surface area contributed by atoms with Crippen LogP contribution in [0.1, 0.15) is 29.5 Å². The van der Waals surface area contributed by atoms with Gasteiger partial charge in [0.25, 0.3) is 5.56 Å². The summed E-state index contributed by atoms with van der Waals surface area (Å²) < 4.78 is 15.6. The molecule has 0 saturated carbocycles. The van der Waals surface area contributed by atoms with Gasteiger partial charge in [0.2, 0.25) is 0 Å². The molecule has 4 aromatic rings. The molecule has 2 aromatic heterocycles. The van der Waals surface area contributed by atoms with E-state index in [1.54, 1.807) is 13.0 Å². The quantitative estimate of drug-likeness (QED) is 0.416. The molecule has 0 bridgehead atoms. The summed E-state index contributed by atoms with van der Waals surface area (Å²) in [6.07, 6.45) is 1.97. The summed E-state index contributed by atoms with van der Waals surface area (Å²) in [5.41, 5.74) is 2.75. The second-order valence-electron chi connectivity index (χ2n) is 7.50. The van der Waals surface area contributed by atoms with E-state index in [4.69, 9.17) is 0 Å². The van der Waals surface area contributed by atoms with Gasteiger partial charge in [-0.3, -0.25) is 9.36 Å². The van der Waals surface area contributed by atoms with Gasteiger partial charge in [-0.1, -0.05) is 31.5 Å². The van der Waals surface area contributed by atoms with Crippen LogP contribution in [0, 0.1) is 19.7 Å². The van der Waals surface area contributed by atoms with Crippen LogP contribution in [0.25, 0.3) is 27.5 Å². The summed E-state index contributed by atoms with van der Waals surface area (Å²) in [5, 5.41) is 10.4. The van der Waals surface area contributed by atoms with Gasteiger partial charge in [0.05, 0.1) is 22.5 Å². The Labute approximate surface area is 184 Å². The molecule has 0 unspecified atom stereocenters. The highest BCUT2D eigenvalue weighted by atomic mass is 32.1. The average Bonchev–Trinajstić information content (AvgIpc) is 3.16. The highest BCUT2D eigenvalue weighted by Gasteiger charge is 2.22. The molecule has 4 rings (SSSR count). The van der Waals surface area contributed by atoms with E-state index in [-0.39, 0.29) is 16.9 Å². The number of phenolic OH excluding ortho intramolecular Hbond substituents is 1. The molecule has 0 atom stereocenters. The molecule has 0 aliphatic rings. The number of hydrogen-bond acceptors (Lipinski definition) is 4. The first kappa shape index (κ1) is 21.0. The summed E-state index contributed by atoms with van der Waals surface area (Å²) in [5.74, 6) is -1.07. The van der Waals surface area contributed by atoms with Crippen molar-refractivity contribution >= 4 is 11.3 Å². The molecule has 0 saturated heterocycles. The molecule has 1 N–H and O–H groups in total. The van der Waals surface area contributed by atoms with Crippen LogP contribution in [-0.2, 0) is 6.42 Å². The average molecular weight is 435 g/mol. The maximum atomic E-state index is 14.1. The molecule has 0 spiro atoms. The van der Waals surface area contributed by atoms with Crippen LogP contribution in [0.4, 0.5) is 4.39 Å². The molecule has 2 heterocycles. The number of halogens is 1. The third kappa shape index (κ3) is 3.91. The molecule has 0 aliphatic carbocycles. The first-order valence-electron chi connectivity index (χ1n) is 10.2. The lowest BCUT2D eigenvalue weighted by atomic mass is 10.1. The van der Waals surface area contributed by atoms with Gasteiger partial charge >= 0.3 is 0 Å². The predicted molar refractivity (Wildman–Crippen MR) is 124 cm³/mol. The number of aromatic nitrogens is 2. The predicted octanol–water partition coefficient (Wildman–Crippen LogP) is 6.04.